The molecule has 32 heavy (non-hydrogen) atoms. The fourth-order valence-electron chi connectivity index (χ4n) is 3.91. The Balaban J connectivity index is 1.44. The van der Waals surface area contributed by atoms with E-state index in [0.29, 0.717) is 19.8 Å². The summed E-state index contributed by atoms with van der Waals surface area (Å²) in [7, 11) is 0. The minimum Gasteiger partial charge on any atom is -0.374 e. The van der Waals surface area contributed by atoms with Crippen LogP contribution in [0.2, 0.25) is 0 Å². The van der Waals surface area contributed by atoms with Gasteiger partial charge in [0, 0.05) is 0 Å². The molecule has 1 aliphatic rings. The standard InChI is InChI=1S/C27H30O5/c1-27(28)26(31-19-23-15-9-4-10-16-23)25(30-18-22-13-7-3-8-14-22)24(32-27)20-29-17-21-11-5-2-6-12-21/h2-16,24-26,28H,17-20H2,1H3/t24-,25+,26-,27?/m0/s1. The molecule has 1 unspecified atom stereocenters. The Morgan fingerprint density at radius 2 is 1.19 bits per heavy atom. The maximum Gasteiger partial charge on any atom is 0.192 e. The molecule has 4 rings (SSSR count). The van der Waals surface area contributed by atoms with Crippen LogP contribution in [0.1, 0.15) is 23.6 Å². The molecule has 0 spiro atoms. The van der Waals surface area contributed by atoms with Crippen molar-refractivity contribution in [1.29, 1.82) is 0 Å². The Bertz CT molecular complexity index is 930. The number of ether oxygens (including phenoxy) is 4. The zero-order valence-electron chi connectivity index (χ0n) is 18.3. The van der Waals surface area contributed by atoms with Crippen molar-refractivity contribution in [3.8, 4) is 0 Å². The van der Waals surface area contributed by atoms with Gasteiger partial charge in [0.05, 0.1) is 26.4 Å². The molecule has 0 saturated carbocycles. The Hall–Kier alpha value is -2.54. The van der Waals surface area contributed by atoms with Crippen molar-refractivity contribution < 1.29 is 24.1 Å². The number of rotatable bonds is 10. The van der Waals surface area contributed by atoms with Gasteiger partial charge in [0.25, 0.3) is 0 Å². The van der Waals surface area contributed by atoms with Crippen molar-refractivity contribution in [3.05, 3.63) is 108 Å². The third-order valence-corrected chi connectivity index (χ3v) is 5.53. The first kappa shape index (κ1) is 22.6. The van der Waals surface area contributed by atoms with Gasteiger partial charge >= 0.3 is 0 Å². The first-order valence-electron chi connectivity index (χ1n) is 10.9. The van der Waals surface area contributed by atoms with E-state index in [9.17, 15) is 5.11 Å². The largest absolute Gasteiger partial charge is 0.374 e. The van der Waals surface area contributed by atoms with Gasteiger partial charge in [0.2, 0.25) is 0 Å². The molecule has 0 radical (unpaired) electrons. The van der Waals surface area contributed by atoms with E-state index in [1.807, 2.05) is 91.0 Å². The summed E-state index contributed by atoms with van der Waals surface area (Å²) in [6, 6.07) is 29.8. The summed E-state index contributed by atoms with van der Waals surface area (Å²) in [4.78, 5) is 0. The second-order valence-electron chi connectivity index (χ2n) is 8.19. The quantitative estimate of drug-likeness (QED) is 0.510. The Morgan fingerprint density at radius 3 is 1.72 bits per heavy atom. The van der Waals surface area contributed by atoms with Crippen LogP contribution in [0.4, 0.5) is 0 Å². The molecular formula is C27H30O5. The molecule has 1 saturated heterocycles. The Labute approximate surface area is 189 Å². The highest BCUT2D eigenvalue weighted by Gasteiger charge is 2.53. The monoisotopic (exact) mass is 434 g/mol. The number of aliphatic hydroxyl groups is 1. The van der Waals surface area contributed by atoms with Crippen LogP contribution >= 0.6 is 0 Å². The highest BCUT2D eigenvalue weighted by Crippen LogP contribution is 2.34. The minimum absolute atomic E-state index is 0.287. The van der Waals surface area contributed by atoms with Crippen LogP contribution in [0.25, 0.3) is 0 Å². The lowest BCUT2D eigenvalue weighted by atomic mass is 10.1. The van der Waals surface area contributed by atoms with E-state index >= 15 is 0 Å². The molecular weight excluding hydrogens is 404 g/mol. The van der Waals surface area contributed by atoms with Crippen LogP contribution in [0.3, 0.4) is 0 Å². The number of hydrogen-bond donors (Lipinski definition) is 1. The third kappa shape index (κ3) is 6.03. The van der Waals surface area contributed by atoms with Crippen LogP contribution in [-0.2, 0) is 38.8 Å². The summed E-state index contributed by atoms with van der Waals surface area (Å²) < 4.78 is 24.3. The average Bonchev–Trinajstić information content (AvgIpc) is 3.07. The lowest BCUT2D eigenvalue weighted by molar-refractivity contribution is -0.231. The molecule has 3 aromatic carbocycles. The molecule has 4 atom stereocenters. The van der Waals surface area contributed by atoms with Crippen LogP contribution < -0.4 is 0 Å². The van der Waals surface area contributed by atoms with Gasteiger partial charge in [0.1, 0.15) is 18.3 Å². The summed E-state index contributed by atoms with van der Waals surface area (Å²) in [5.74, 6) is -1.49. The highest BCUT2D eigenvalue weighted by atomic mass is 16.7. The summed E-state index contributed by atoms with van der Waals surface area (Å²) >= 11 is 0. The maximum atomic E-state index is 11.0. The smallest absolute Gasteiger partial charge is 0.192 e. The summed E-state index contributed by atoms with van der Waals surface area (Å²) in [5.41, 5.74) is 3.15. The van der Waals surface area contributed by atoms with Crippen LogP contribution in [-0.4, -0.2) is 35.8 Å². The van der Waals surface area contributed by atoms with E-state index < -0.39 is 24.1 Å². The van der Waals surface area contributed by atoms with Crippen LogP contribution in [0, 0.1) is 0 Å². The van der Waals surface area contributed by atoms with Crippen molar-refractivity contribution in [2.24, 2.45) is 0 Å². The summed E-state index contributed by atoms with van der Waals surface area (Å²) in [6.07, 6.45) is -1.60. The summed E-state index contributed by atoms with van der Waals surface area (Å²) in [5, 5.41) is 11.0. The predicted octanol–water partition coefficient (Wildman–Crippen LogP) is 4.48. The Kier molecular flexibility index (Phi) is 7.68. The van der Waals surface area contributed by atoms with Crippen molar-refractivity contribution in [1.82, 2.24) is 0 Å². The third-order valence-electron chi connectivity index (χ3n) is 5.53. The molecule has 1 fully saturated rings. The van der Waals surface area contributed by atoms with Crippen molar-refractivity contribution in [3.63, 3.8) is 0 Å². The van der Waals surface area contributed by atoms with Crippen molar-refractivity contribution in [2.75, 3.05) is 6.61 Å². The highest BCUT2D eigenvalue weighted by molar-refractivity contribution is 5.15. The van der Waals surface area contributed by atoms with Gasteiger partial charge < -0.3 is 24.1 Å². The van der Waals surface area contributed by atoms with E-state index in [1.54, 1.807) is 6.92 Å². The van der Waals surface area contributed by atoms with E-state index in [-0.39, 0.29) is 6.61 Å². The molecule has 3 aromatic rings. The molecule has 1 N–H and O–H groups in total. The SMILES string of the molecule is CC1(O)O[C@@H](COCc2ccccc2)[C@@H](OCc2ccccc2)[C@@H]1OCc1ccccc1. The Morgan fingerprint density at radius 1 is 0.719 bits per heavy atom. The van der Waals surface area contributed by atoms with E-state index in [4.69, 9.17) is 18.9 Å². The molecule has 0 amide bonds. The number of hydrogen-bond acceptors (Lipinski definition) is 5. The maximum absolute atomic E-state index is 11.0. The van der Waals surface area contributed by atoms with E-state index in [2.05, 4.69) is 0 Å². The zero-order chi connectivity index (χ0) is 22.2. The second-order valence-corrected chi connectivity index (χ2v) is 8.19. The molecule has 5 nitrogen and oxygen atoms in total. The minimum atomic E-state index is -1.49. The van der Waals surface area contributed by atoms with Gasteiger partial charge in [-0.15, -0.1) is 0 Å². The van der Waals surface area contributed by atoms with Gasteiger partial charge in [-0.3, -0.25) is 0 Å². The fraction of sp³-hybridized carbons (Fsp3) is 0.333. The molecule has 0 aromatic heterocycles. The first-order chi connectivity index (χ1) is 15.6. The molecule has 1 heterocycles. The van der Waals surface area contributed by atoms with E-state index in [0.717, 1.165) is 16.7 Å². The number of benzene rings is 3. The van der Waals surface area contributed by atoms with Crippen LogP contribution in [0.15, 0.2) is 91.0 Å². The lowest BCUT2D eigenvalue weighted by Crippen LogP contribution is -2.44. The molecule has 0 aliphatic carbocycles. The predicted molar refractivity (Wildman–Crippen MR) is 122 cm³/mol. The van der Waals surface area contributed by atoms with Gasteiger partial charge in [-0.25, -0.2) is 0 Å². The van der Waals surface area contributed by atoms with Crippen molar-refractivity contribution >= 4 is 0 Å². The second kappa shape index (κ2) is 10.9. The molecule has 168 valence electrons. The average molecular weight is 435 g/mol. The first-order valence-corrected chi connectivity index (χ1v) is 10.9. The van der Waals surface area contributed by atoms with Gasteiger partial charge in [-0.05, 0) is 23.6 Å². The topological polar surface area (TPSA) is 57.2 Å². The van der Waals surface area contributed by atoms with Crippen LogP contribution in [0.5, 0.6) is 0 Å². The molecule has 1 aliphatic heterocycles. The zero-order valence-corrected chi connectivity index (χ0v) is 18.3. The van der Waals surface area contributed by atoms with E-state index in [1.165, 1.54) is 0 Å². The summed E-state index contributed by atoms with van der Waals surface area (Å²) in [6.45, 7) is 3.12. The molecule has 5 heteroatoms. The lowest BCUT2D eigenvalue weighted by Gasteiger charge is -2.27. The fourth-order valence-corrected chi connectivity index (χ4v) is 3.91. The normalized spacial score (nSPS) is 25.1. The molecule has 0 bridgehead atoms. The van der Waals surface area contributed by atoms with Gasteiger partial charge in [-0.1, -0.05) is 91.0 Å². The van der Waals surface area contributed by atoms with Gasteiger partial charge in [-0.2, -0.15) is 0 Å². The van der Waals surface area contributed by atoms with Gasteiger partial charge in [0.15, 0.2) is 5.79 Å². The van der Waals surface area contributed by atoms with Crippen molar-refractivity contribution in [2.45, 2.75) is 50.8 Å².